The third-order valence-electron chi connectivity index (χ3n) is 5.33. The van der Waals surface area contributed by atoms with Gasteiger partial charge in [0.2, 0.25) is 0 Å². The van der Waals surface area contributed by atoms with E-state index in [1.807, 2.05) is 12.1 Å². The number of benzene rings is 2. The average molecular weight is 409 g/mol. The maximum absolute atomic E-state index is 11.6. The Labute approximate surface area is 179 Å². The maximum Gasteiger partial charge on any atom is 0.337 e. The molecule has 1 fully saturated rings. The molecule has 1 aliphatic rings. The molecule has 1 atom stereocenters. The molecule has 0 saturated carbocycles. The van der Waals surface area contributed by atoms with Gasteiger partial charge in [-0.1, -0.05) is 24.3 Å². The lowest BCUT2D eigenvalue weighted by atomic mass is 10.1. The van der Waals surface area contributed by atoms with Crippen LogP contribution in [-0.2, 0) is 11.3 Å². The third kappa shape index (κ3) is 5.75. The largest absolute Gasteiger partial charge is 0.465 e. The lowest BCUT2D eigenvalue weighted by molar-refractivity contribution is 0.0600. The number of nitrogens with zero attached hydrogens (tertiary/aromatic N) is 2. The van der Waals surface area contributed by atoms with Crippen molar-refractivity contribution in [2.45, 2.75) is 39.3 Å². The normalized spacial score (nSPS) is 15.0. The van der Waals surface area contributed by atoms with E-state index in [-0.39, 0.29) is 12.0 Å². The Morgan fingerprint density at radius 1 is 1.17 bits per heavy atom. The number of ether oxygens (including phenoxy) is 1. The molecule has 160 valence electrons. The number of hydrogen-bond acceptors (Lipinski definition) is 4. The van der Waals surface area contributed by atoms with Gasteiger partial charge in [0, 0.05) is 25.3 Å². The van der Waals surface area contributed by atoms with Gasteiger partial charge in [0.15, 0.2) is 5.96 Å². The van der Waals surface area contributed by atoms with Crippen molar-refractivity contribution >= 4 is 17.6 Å². The first-order valence-electron chi connectivity index (χ1n) is 10.7. The number of methoxy groups -OCH3 is 1. The maximum atomic E-state index is 11.6. The van der Waals surface area contributed by atoms with Crippen molar-refractivity contribution in [3.05, 3.63) is 65.2 Å². The summed E-state index contributed by atoms with van der Waals surface area (Å²) in [4.78, 5) is 18.7. The Kier molecular flexibility index (Phi) is 7.71. The molecule has 1 saturated heterocycles. The van der Waals surface area contributed by atoms with Crippen molar-refractivity contribution in [1.82, 2.24) is 10.6 Å². The van der Waals surface area contributed by atoms with Crippen LogP contribution >= 0.6 is 0 Å². The second-order valence-electron chi connectivity index (χ2n) is 7.54. The number of carbonyl (C=O) groups excluding carboxylic acids is 1. The molecule has 30 heavy (non-hydrogen) atoms. The topological polar surface area (TPSA) is 66.0 Å². The molecular formula is C24H32N4O2. The lowest BCUT2D eigenvalue weighted by Crippen LogP contribution is -2.38. The molecule has 0 aromatic heterocycles. The highest BCUT2D eigenvalue weighted by Crippen LogP contribution is 2.24. The summed E-state index contributed by atoms with van der Waals surface area (Å²) in [6.45, 7) is 7.81. The summed E-state index contributed by atoms with van der Waals surface area (Å²) in [5.74, 6) is 0.443. The number of carbonyl (C=O) groups is 1. The molecule has 1 aliphatic heterocycles. The van der Waals surface area contributed by atoms with Crippen molar-refractivity contribution in [3.63, 3.8) is 0 Å². The van der Waals surface area contributed by atoms with Gasteiger partial charge in [-0.3, -0.25) is 0 Å². The van der Waals surface area contributed by atoms with Crippen LogP contribution in [0.2, 0.25) is 0 Å². The first kappa shape index (κ1) is 21.7. The van der Waals surface area contributed by atoms with E-state index in [0.717, 1.165) is 31.2 Å². The molecule has 2 N–H and O–H groups in total. The molecule has 0 aliphatic carbocycles. The van der Waals surface area contributed by atoms with Gasteiger partial charge in [0.25, 0.3) is 0 Å². The fourth-order valence-electron chi connectivity index (χ4n) is 3.61. The van der Waals surface area contributed by atoms with Gasteiger partial charge < -0.3 is 20.3 Å². The lowest BCUT2D eigenvalue weighted by Gasteiger charge is -2.22. The van der Waals surface area contributed by atoms with Crippen LogP contribution in [0, 0.1) is 0 Å². The van der Waals surface area contributed by atoms with Gasteiger partial charge in [-0.15, -0.1) is 0 Å². The molecular weight excluding hydrogens is 376 g/mol. The molecule has 0 bridgehead atoms. The highest BCUT2D eigenvalue weighted by molar-refractivity contribution is 5.89. The Hall–Kier alpha value is -3.02. The Morgan fingerprint density at radius 2 is 1.90 bits per heavy atom. The molecule has 0 spiro atoms. The number of nitrogens with one attached hydrogen (secondary N) is 2. The number of guanidine groups is 1. The van der Waals surface area contributed by atoms with Gasteiger partial charge in [-0.2, -0.15) is 0 Å². The van der Waals surface area contributed by atoms with Gasteiger partial charge in [0.1, 0.15) is 0 Å². The van der Waals surface area contributed by atoms with E-state index in [0.29, 0.717) is 12.1 Å². The third-order valence-corrected chi connectivity index (χ3v) is 5.33. The molecule has 3 rings (SSSR count). The average Bonchev–Trinajstić information content (AvgIpc) is 3.32. The standard InChI is InChI=1S/C24H32N4O2/c1-4-25-24(26-17-19-10-12-20(13-11-19)23(29)30-3)27-18(2)21-8-7-9-22(16-21)28-14-5-6-15-28/h7-13,16,18H,4-6,14-15,17H2,1-3H3,(H2,25,26,27). The smallest absolute Gasteiger partial charge is 0.337 e. The van der Waals surface area contributed by atoms with Crippen molar-refractivity contribution in [2.24, 2.45) is 4.99 Å². The SMILES string of the molecule is CCNC(=NCc1ccc(C(=O)OC)cc1)NC(C)c1cccc(N2CCCC2)c1. The van der Waals surface area contributed by atoms with Crippen LogP contribution in [0.15, 0.2) is 53.5 Å². The Balaban J connectivity index is 1.65. The highest BCUT2D eigenvalue weighted by Gasteiger charge is 2.14. The summed E-state index contributed by atoms with van der Waals surface area (Å²) in [6.07, 6.45) is 2.55. The Morgan fingerprint density at radius 3 is 2.57 bits per heavy atom. The molecule has 1 unspecified atom stereocenters. The van der Waals surface area contributed by atoms with Crippen LogP contribution in [-0.4, -0.2) is 38.7 Å². The second-order valence-corrected chi connectivity index (χ2v) is 7.54. The first-order valence-corrected chi connectivity index (χ1v) is 10.7. The quantitative estimate of drug-likeness (QED) is 0.413. The van der Waals surface area contributed by atoms with E-state index in [1.165, 1.54) is 31.2 Å². The predicted octanol–water partition coefficient (Wildman–Crippen LogP) is 3.89. The summed E-state index contributed by atoms with van der Waals surface area (Å²) < 4.78 is 4.74. The van der Waals surface area contributed by atoms with Crippen molar-refractivity contribution in [3.8, 4) is 0 Å². The molecule has 1 heterocycles. The van der Waals surface area contributed by atoms with E-state index in [1.54, 1.807) is 12.1 Å². The number of aliphatic imine (C=N–C) groups is 1. The Bertz CT molecular complexity index is 858. The molecule has 0 amide bonds. The molecule has 0 radical (unpaired) electrons. The minimum atomic E-state index is -0.329. The second kappa shape index (κ2) is 10.7. The highest BCUT2D eigenvalue weighted by atomic mass is 16.5. The van der Waals surface area contributed by atoms with Crippen LogP contribution in [0.1, 0.15) is 54.2 Å². The van der Waals surface area contributed by atoms with Crippen LogP contribution in [0.5, 0.6) is 0 Å². The van der Waals surface area contributed by atoms with Gasteiger partial charge in [0.05, 0.1) is 25.3 Å². The van der Waals surface area contributed by atoms with Crippen molar-refractivity contribution in [2.75, 3.05) is 31.6 Å². The summed E-state index contributed by atoms with van der Waals surface area (Å²) in [5, 5.41) is 6.82. The summed E-state index contributed by atoms with van der Waals surface area (Å²) in [5.41, 5.74) is 4.11. The predicted molar refractivity (Wildman–Crippen MR) is 122 cm³/mol. The van der Waals surface area contributed by atoms with Crippen LogP contribution in [0.4, 0.5) is 5.69 Å². The van der Waals surface area contributed by atoms with E-state index in [2.05, 4.69) is 53.6 Å². The fraction of sp³-hybridized carbons (Fsp3) is 0.417. The number of hydrogen-bond donors (Lipinski definition) is 2. The summed E-state index contributed by atoms with van der Waals surface area (Å²) in [6, 6.07) is 16.2. The zero-order chi connectivity index (χ0) is 21.3. The number of anilines is 1. The first-order chi connectivity index (χ1) is 14.6. The van der Waals surface area contributed by atoms with E-state index in [9.17, 15) is 4.79 Å². The monoisotopic (exact) mass is 408 g/mol. The molecule has 2 aromatic rings. The van der Waals surface area contributed by atoms with Crippen molar-refractivity contribution < 1.29 is 9.53 Å². The van der Waals surface area contributed by atoms with Gasteiger partial charge in [-0.05, 0) is 62.1 Å². The number of rotatable bonds is 7. The van der Waals surface area contributed by atoms with Gasteiger partial charge >= 0.3 is 5.97 Å². The van der Waals surface area contributed by atoms with E-state index < -0.39 is 0 Å². The van der Waals surface area contributed by atoms with Crippen LogP contribution in [0.3, 0.4) is 0 Å². The van der Waals surface area contributed by atoms with Crippen LogP contribution in [0.25, 0.3) is 0 Å². The van der Waals surface area contributed by atoms with E-state index >= 15 is 0 Å². The zero-order valence-electron chi connectivity index (χ0n) is 18.1. The minimum Gasteiger partial charge on any atom is -0.465 e. The number of esters is 1. The zero-order valence-corrected chi connectivity index (χ0v) is 18.1. The summed E-state index contributed by atoms with van der Waals surface area (Å²) in [7, 11) is 1.39. The van der Waals surface area contributed by atoms with E-state index in [4.69, 9.17) is 9.73 Å². The van der Waals surface area contributed by atoms with Crippen LogP contribution < -0.4 is 15.5 Å². The molecule has 2 aromatic carbocycles. The summed E-state index contributed by atoms with van der Waals surface area (Å²) >= 11 is 0. The van der Waals surface area contributed by atoms with Gasteiger partial charge in [-0.25, -0.2) is 9.79 Å². The molecule has 6 heteroatoms. The minimum absolute atomic E-state index is 0.132. The van der Waals surface area contributed by atoms with Crippen molar-refractivity contribution in [1.29, 1.82) is 0 Å². The fourth-order valence-corrected chi connectivity index (χ4v) is 3.61. The molecule has 6 nitrogen and oxygen atoms in total.